The van der Waals surface area contributed by atoms with Gasteiger partial charge in [0.25, 0.3) is 0 Å². The summed E-state index contributed by atoms with van der Waals surface area (Å²) in [7, 11) is 4.16. The molecule has 1 rings (SSSR count). The first-order chi connectivity index (χ1) is 6.10. The summed E-state index contributed by atoms with van der Waals surface area (Å²) in [6.07, 6.45) is 4.02. The Bertz CT molecular complexity index is 185. The van der Waals surface area contributed by atoms with E-state index in [2.05, 4.69) is 24.3 Å². The number of hydrogen-bond acceptors (Lipinski definition) is 2. The van der Waals surface area contributed by atoms with Gasteiger partial charge in [0.1, 0.15) is 0 Å². The maximum Gasteiger partial charge on any atom is 0.220 e. The van der Waals surface area contributed by atoms with E-state index in [1.54, 1.807) is 0 Å². The number of likely N-dealkylation sites (N-methyl/N-ethyl adjacent to an activating group) is 1. The highest BCUT2D eigenvalue weighted by Crippen LogP contribution is 2.39. The Morgan fingerprint density at radius 3 is 2.46 bits per heavy atom. The molecule has 0 saturated heterocycles. The molecule has 1 aliphatic rings. The Morgan fingerprint density at radius 1 is 1.46 bits per heavy atom. The summed E-state index contributed by atoms with van der Waals surface area (Å²) in [5.74, 6) is 0.190. The van der Waals surface area contributed by atoms with Crippen LogP contribution in [0, 0.1) is 0 Å². The number of carbonyl (C=O) groups excluding carboxylic acids is 1. The highest BCUT2D eigenvalue weighted by molar-refractivity contribution is 5.75. The lowest BCUT2D eigenvalue weighted by atomic mass is 10.2. The van der Waals surface area contributed by atoms with Gasteiger partial charge >= 0.3 is 0 Å². The minimum absolute atomic E-state index is 0.190. The molecule has 1 amide bonds. The number of nitrogens with zero attached hydrogens (tertiary/aromatic N) is 1. The van der Waals surface area contributed by atoms with Crippen molar-refractivity contribution in [2.75, 3.05) is 20.6 Å². The molecule has 0 heterocycles. The maximum absolute atomic E-state index is 11.2. The van der Waals surface area contributed by atoms with E-state index in [4.69, 9.17) is 0 Å². The normalized spacial score (nSPS) is 18.8. The smallest absolute Gasteiger partial charge is 0.220 e. The third-order valence-electron chi connectivity index (χ3n) is 2.87. The quantitative estimate of drug-likeness (QED) is 0.691. The summed E-state index contributed by atoms with van der Waals surface area (Å²) in [5.41, 5.74) is 0.281. The SMILES string of the molecule is CCCC(=O)NCC1(N(C)C)CC1. The molecule has 0 atom stereocenters. The van der Waals surface area contributed by atoms with Crippen LogP contribution in [0.15, 0.2) is 0 Å². The fourth-order valence-electron chi connectivity index (χ4n) is 1.50. The first-order valence-electron chi connectivity index (χ1n) is 5.05. The van der Waals surface area contributed by atoms with Crippen LogP contribution in [0.5, 0.6) is 0 Å². The fourth-order valence-corrected chi connectivity index (χ4v) is 1.50. The first kappa shape index (κ1) is 10.5. The first-order valence-corrected chi connectivity index (χ1v) is 5.05. The molecule has 0 unspecified atom stereocenters. The fraction of sp³-hybridized carbons (Fsp3) is 0.900. The van der Waals surface area contributed by atoms with Crippen LogP contribution in [-0.2, 0) is 4.79 Å². The molecule has 0 radical (unpaired) electrons. The molecule has 0 bridgehead atoms. The lowest BCUT2D eigenvalue weighted by Crippen LogP contribution is -2.42. The van der Waals surface area contributed by atoms with E-state index in [0.717, 1.165) is 13.0 Å². The molecule has 1 fully saturated rings. The Balaban J connectivity index is 2.22. The average Bonchev–Trinajstić information content (AvgIpc) is 2.82. The van der Waals surface area contributed by atoms with Crippen LogP contribution in [0.2, 0.25) is 0 Å². The molecule has 0 aromatic carbocycles. The molecule has 0 aromatic rings. The molecule has 13 heavy (non-hydrogen) atoms. The zero-order valence-electron chi connectivity index (χ0n) is 8.89. The van der Waals surface area contributed by atoms with Crippen molar-refractivity contribution in [1.82, 2.24) is 10.2 Å². The average molecular weight is 184 g/mol. The monoisotopic (exact) mass is 184 g/mol. The lowest BCUT2D eigenvalue weighted by Gasteiger charge is -2.23. The zero-order chi connectivity index (χ0) is 9.90. The van der Waals surface area contributed by atoms with Crippen LogP contribution < -0.4 is 5.32 Å². The van der Waals surface area contributed by atoms with Gasteiger partial charge in [0.05, 0.1) is 0 Å². The van der Waals surface area contributed by atoms with E-state index in [0.29, 0.717) is 6.42 Å². The molecule has 76 valence electrons. The topological polar surface area (TPSA) is 32.3 Å². The van der Waals surface area contributed by atoms with Crippen molar-refractivity contribution in [3.63, 3.8) is 0 Å². The van der Waals surface area contributed by atoms with E-state index in [-0.39, 0.29) is 11.4 Å². The third-order valence-corrected chi connectivity index (χ3v) is 2.87. The third kappa shape index (κ3) is 2.69. The van der Waals surface area contributed by atoms with Crippen molar-refractivity contribution in [2.45, 2.75) is 38.1 Å². The molecule has 1 saturated carbocycles. The largest absolute Gasteiger partial charge is 0.354 e. The highest BCUT2D eigenvalue weighted by atomic mass is 16.1. The Hall–Kier alpha value is -0.570. The van der Waals surface area contributed by atoms with Gasteiger partial charge in [-0.3, -0.25) is 4.79 Å². The molecule has 3 nitrogen and oxygen atoms in total. The van der Waals surface area contributed by atoms with Gasteiger partial charge in [-0.15, -0.1) is 0 Å². The molecule has 0 aliphatic heterocycles. The Labute approximate surface area is 80.5 Å². The second-order valence-corrected chi connectivity index (χ2v) is 4.15. The van der Waals surface area contributed by atoms with E-state index < -0.39 is 0 Å². The zero-order valence-corrected chi connectivity index (χ0v) is 8.89. The minimum Gasteiger partial charge on any atom is -0.354 e. The summed E-state index contributed by atoms with van der Waals surface area (Å²) < 4.78 is 0. The van der Waals surface area contributed by atoms with Gasteiger partial charge < -0.3 is 10.2 Å². The van der Waals surface area contributed by atoms with Gasteiger partial charge in [0.15, 0.2) is 0 Å². The Morgan fingerprint density at radius 2 is 2.08 bits per heavy atom. The summed E-state index contributed by atoms with van der Waals surface area (Å²) in [5, 5.41) is 2.99. The molecular formula is C10H20N2O. The Kier molecular flexibility index (Phi) is 3.31. The second kappa shape index (κ2) is 4.09. The van der Waals surface area contributed by atoms with Gasteiger partial charge in [-0.1, -0.05) is 6.92 Å². The van der Waals surface area contributed by atoms with Crippen LogP contribution in [0.3, 0.4) is 0 Å². The van der Waals surface area contributed by atoms with Crippen molar-refractivity contribution < 1.29 is 4.79 Å². The van der Waals surface area contributed by atoms with Gasteiger partial charge in [-0.05, 0) is 33.4 Å². The minimum atomic E-state index is 0.190. The lowest BCUT2D eigenvalue weighted by molar-refractivity contribution is -0.121. The summed E-state index contributed by atoms with van der Waals surface area (Å²) in [6, 6.07) is 0. The van der Waals surface area contributed by atoms with Gasteiger partial charge in [0, 0.05) is 18.5 Å². The van der Waals surface area contributed by atoms with Crippen LogP contribution >= 0.6 is 0 Å². The molecule has 3 heteroatoms. The predicted octanol–water partition coefficient (Wildman–Crippen LogP) is 0.997. The van der Waals surface area contributed by atoms with Crippen molar-refractivity contribution in [1.29, 1.82) is 0 Å². The van der Waals surface area contributed by atoms with Crippen molar-refractivity contribution in [3.05, 3.63) is 0 Å². The van der Waals surface area contributed by atoms with E-state index >= 15 is 0 Å². The highest BCUT2D eigenvalue weighted by Gasteiger charge is 2.44. The van der Waals surface area contributed by atoms with Crippen LogP contribution in [0.1, 0.15) is 32.6 Å². The van der Waals surface area contributed by atoms with Crippen LogP contribution in [0.25, 0.3) is 0 Å². The predicted molar refractivity (Wildman–Crippen MR) is 53.6 cm³/mol. The molecule has 0 aromatic heterocycles. The van der Waals surface area contributed by atoms with Crippen molar-refractivity contribution in [3.8, 4) is 0 Å². The molecule has 1 aliphatic carbocycles. The second-order valence-electron chi connectivity index (χ2n) is 4.15. The molecular weight excluding hydrogens is 164 g/mol. The number of carbonyl (C=O) groups is 1. The van der Waals surface area contributed by atoms with E-state index in [1.807, 2.05) is 6.92 Å². The molecule has 1 N–H and O–H groups in total. The van der Waals surface area contributed by atoms with Gasteiger partial charge in [0.2, 0.25) is 5.91 Å². The van der Waals surface area contributed by atoms with Crippen molar-refractivity contribution >= 4 is 5.91 Å². The van der Waals surface area contributed by atoms with Crippen molar-refractivity contribution in [2.24, 2.45) is 0 Å². The number of rotatable bonds is 5. The van der Waals surface area contributed by atoms with Gasteiger partial charge in [-0.2, -0.15) is 0 Å². The van der Waals surface area contributed by atoms with Gasteiger partial charge in [-0.25, -0.2) is 0 Å². The maximum atomic E-state index is 11.2. The van der Waals surface area contributed by atoms with E-state index in [1.165, 1.54) is 12.8 Å². The number of hydrogen-bond donors (Lipinski definition) is 1. The van der Waals surface area contributed by atoms with Crippen LogP contribution in [0.4, 0.5) is 0 Å². The van der Waals surface area contributed by atoms with Crippen LogP contribution in [-0.4, -0.2) is 37.0 Å². The summed E-state index contributed by atoms with van der Waals surface area (Å²) in [4.78, 5) is 13.4. The number of nitrogens with one attached hydrogen (secondary N) is 1. The number of amides is 1. The summed E-state index contributed by atoms with van der Waals surface area (Å²) in [6.45, 7) is 2.84. The standard InChI is InChI=1S/C10H20N2O/c1-4-5-9(13)11-8-10(6-7-10)12(2)3/h4-8H2,1-3H3,(H,11,13). The summed E-state index contributed by atoms with van der Waals surface area (Å²) >= 11 is 0. The van der Waals surface area contributed by atoms with E-state index in [9.17, 15) is 4.79 Å². The molecule has 0 spiro atoms.